The topological polar surface area (TPSA) is 32.3 Å². The fourth-order valence-corrected chi connectivity index (χ4v) is 1.66. The summed E-state index contributed by atoms with van der Waals surface area (Å²) in [6.45, 7) is 0.107. The van der Waals surface area contributed by atoms with Crippen LogP contribution in [0.2, 0.25) is 0 Å². The third-order valence-corrected chi connectivity index (χ3v) is 2.41. The van der Waals surface area contributed by atoms with E-state index in [1.807, 2.05) is 0 Å². The van der Waals surface area contributed by atoms with Gasteiger partial charge in [0.2, 0.25) is 0 Å². The quantitative estimate of drug-likeness (QED) is 0.688. The summed E-state index contributed by atoms with van der Waals surface area (Å²) in [4.78, 5) is 0. The molecule has 0 bridgehead atoms. The molecule has 1 unspecified atom stereocenters. The van der Waals surface area contributed by atoms with Crippen LogP contribution in [0, 0.1) is 5.82 Å². The number of halogens is 1. The molecule has 0 radical (unpaired) electrons. The molecule has 1 aromatic carbocycles. The molecule has 1 aliphatic heterocycles. The fourth-order valence-electron chi connectivity index (χ4n) is 1.66. The summed E-state index contributed by atoms with van der Waals surface area (Å²) in [5.41, 5.74) is 1.96. The molecule has 70 valence electrons. The van der Waals surface area contributed by atoms with Crippen LogP contribution in [0.1, 0.15) is 12.0 Å². The number of aliphatic hydroxyl groups is 1. The Bertz CT molecular complexity index is 314. The maximum Gasteiger partial charge on any atom is 0.125 e. The molecule has 0 fully saturated rings. The van der Waals surface area contributed by atoms with Gasteiger partial charge in [-0.25, -0.2) is 4.39 Å². The Morgan fingerprint density at radius 2 is 2.38 bits per heavy atom. The highest BCUT2D eigenvalue weighted by atomic mass is 19.1. The highest BCUT2D eigenvalue weighted by molar-refractivity contribution is 5.54. The summed E-state index contributed by atoms with van der Waals surface area (Å²) in [5, 5.41) is 12.0. The fraction of sp³-hybridized carbons (Fsp3) is 0.400. The molecule has 13 heavy (non-hydrogen) atoms. The zero-order chi connectivity index (χ0) is 9.26. The van der Waals surface area contributed by atoms with E-state index in [0.717, 1.165) is 24.1 Å². The van der Waals surface area contributed by atoms with E-state index in [2.05, 4.69) is 5.32 Å². The van der Waals surface area contributed by atoms with Crippen LogP contribution in [-0.2, 0) is 6.42 Å². The van der Waals surface area contributed by atoms with E-state index in [1.54, 1.807) is 6.07 Å². The second-order valence-corrected chi connectivity index (χ2v) is 3.36. The molecule has 0 aromatic heterocycles. The van der Waals surface area contributed by atoms with Crippen LogP contribution < -0.4 is 5.32 Å². The Morgan fingerprint density at radius 1 is 1.54 bits per heavy atom. The minimum Gasteiger partial charge on any atom is -0.394 e. The van der Waals surface area contributed by atoms with Crippen LogP contribution in [0.25, 0.3) is 0 Å². The lowest BCUT2D eigenvalue weighted by Gasteiger charge is -2.25. The van der Waals surface area contributed by atoms with E-state index in [9.17, 15) is 4.39 Å². The third-order valence-electron chi connectivity index (χ3n) is 2.41. The lowest BCUT2D eigenvalue weighted by Crippen LogP contribution is -2.28. The number of benzene rings is 1. The summed E-state index contributed by atoms with van der Waals surface area (Å²) < 4.78 is 12.8. The van der Waals surface area contributed by atoms with Crippen molar-refractivity contribution in [3.8, 4) is 0 Å². The molecular formula is C10H12FNO. The van der Waals surface area contributed by atoms with Gasteiger partial charge in [0.15, 0.2) is 0 Å². The molecule has 0 spiro atoms. The van der Waals surface area contributed by atoms with Gasteiger partial charge in [0.05, 0.1) is 6.61 Å². The molecule has 0 saturated carbocycles. The van der Waals surface area contributed by atoms with Gasteiger partial charge in [-0.1, -0.05) is 6.07 Å². The zero-order valence-corrected chi connectivity index (χ0v) is 7.26. The van der Waals surface area contributed by atoms with E-state index < -0.39 is 0 Å². The van der Waals surface area contributed by atoms with Gasteiger partial charge < -0.3 is 10.4 Å². The van der Waals surface area contributed by atoms with E-state index in [0.29, 0.717) is 0 Å². The van der Waals surface area contributed by atoms with Crippen LogP contribution in [0.15, 0.2) is 18.2 Å². The van der Waals surface area contributed by atoms with Crippen LogP contribution in [0.5, 0.6) is 0 Å². The first-order valence-electron chi connectivity index (χ1n) is 4.45. The maximum absolute atomic E-state index is 12.8. The number of aryl methyl sites for hydroxylation is 1. The van der Waals surface area contributed by atoms with Gasteiger partial charge in [-0.2, -0.15) is 0 Å². The Labute approximate surface area is 76.4 Å². The van der Waals surface area contributed by atoms with Crippen LogP contribution in [0.3, 0.4) is 0 Å². The monoisotopic (exact) mass is 181 g/mol. The standard InChI is InChI=1S/C10H12FNO/c11-8-3-1-7-2-4-9(6-13)12-10(7)5-8/h1,3,5,9,12-13H,2,4,6H2. The minimum atomic E-state index is -0.232. The largest absolute Gasteiger partial charge is 0.394 e. The van der Waals surface area contributed by atoms with Gasteiger partial charge in [-0.3, -0.25) is 0 Å². The first-order chi connectivity index (χ1) is 6.29. The first-order valence-corrected chi connectivity index (χ1v) is 4.45. The lowest BCUT2D eigenvalue weighted by atomic mass is 9.98. The second kappa shape index (κ2) is 3.34. The number of rotatable bonds is 1. The predicted octanol–water partition coefficient (Wildman–Crippen LogP) is 1.54. The number of hydrogen-bond donors (Lipinski definition) is 2. The van der Waals surface area contributed by atoms with E-state index in [-0.39, 0.29) is 18.5 Å². The molecule has 2 N–H and O–H groups in total. The molecular weight excluding hydrogens is 169 g/mol. The SMILES string of the molecule is OCC1CCc2ccc(F)cc2N1. The Kier molecular flexibility index (Phi) is 2.19. The highest BCUT2D eigenvalue weighted by Crippen LogP contribution is 2.25. The van der Waals surface area contributed by atoms with Gasteiger partial charge in [0, 0.05) is 11.7 Å². The van der Waals surface area contributed by atoms with Crippen molar-refractivity contribution in [2.75, 3.05) is 11.9 Å². The number of nitrogens with one attached hydrogen (secondary N) is 1. The summed E-state index contributed by atoms with van der Waals surface area (Å²) in [6, 6.07) is 4.83. The summed E-state index contributed by atoms with van der Waals surface area (Å²) in [6.07, 6.45) is 1.82. The molecule has 1 aromatic rings. The lowest BCUT2D eigenvalue weighted by molar-refractivity contribution is 0.267. The Balaban J connectivity index is 2.27. The van der Waals surface area contributed by atoms with Gasteiger partial charge in [0.1, 0.15) is 5.82 Å². The summed E-state index contributed by atoms with van der Waals surface area (Å²) in [5.74, 6) is -0.232. The molecule has 2 rings (SSSR count). The van der Waals surface area contributed by atoms with E-state index in [1.165, 1.54) is 12.1 Å². The van der Waals surface area contributed by atoms with Crippen molar-refractivity contribution in [1.82, 2.24) is 0 Å². The number of aliphatic hydroxyl groups excluding tert-OH is 1. The normalized spacial score (nSPS) is 20.6. The molecule has 0 saturated heterocycles. The zero-order valence-electron chi connectivity index (χ0n) is 7.26. The molecule has 1 aliphatic rings. The molecule has 1 heterocycles. The van der Waals surface area contributed by atoms with Crippen molar-refractivity contribution < 1.29 is 9.50 Å². The van der Waals surface area contributed by atoms with Gasteiger partial charge >= 0.3 is 0 Å². The predicted molar refractivity (Wildman–Crippen MR) is 49.2 cm³/mol. The molecule has 2 nitrogen and oxygen atoms in total. The van der Waals surface area contributed by atoms with Crippen LogP contribution in [0.4, 0.5) is 10.1 Å². The summed E-state index contributed by atoms with van der Waals surface area (Å²) >= 11 is 0. The summed E-state index contributed by atoms with van der Waals surface area (Å²) in [7, 11) is 0. The van der Waals surface area contributed by atoms with Gasteiger partial charge in [0.25, 0.3) is 0 Å². The van der Waals surface area contributed by atoms with Crippen molar-refractivity contribution in [2.45, 2.75) is 18.9 Å². The Morgan fingerprint density at radius 3 is 3.15 bits per heavy atom. The smallest absolute Gasteiger partial charge is 0.125 e. The molecule has 3 heteroatoms. The average molecular weight is 181 g/mol. The minimum absolute atomic E-state index is 0.0781. The Hall–Kier alpha value is -1.09. The number of anilines is 1. The second-order valence-electron chi connectivity index (χ2n) is 3.36. The van der Waals surface area contributed by atoms with Crippen molar-refractivity contribution in [2.24, 2.45) is 0 Å². The van der Waals surface area contributed by atoms with E-state index >= 15 is 0 Å². The molecule has 0 aliphatic carbocycles. The van der Waals surface area contributed by atoms with Gasteiger partial charge in [-0.15, -0.1) is 0 Å². The average Bonchev–Trinajstić information content (AvgIpc) is 2.16. The van der Waals surface area contributed by atoms with Crippen LogP contribution in [-0.4, -0.2) is 17.8 Å². The van der Waals surface area contributed by atoms with Crippen molar-refractivity contribution in [3.05, 3.63) is 29.6 Å². The number of fused-ring (bicyclic) bond motifs is 1. The third kappa shape index (κ3) is 1.65. The van der Waals surface area contributed by atoms with E-state index in [4.69, 9.17) is 5.11 Å². The van der Waals surface area contributed by atoms with Crippen molar-refractivity contribution in [3.63, 3.8) is 0 Å². The number of hydrogen-bond acceptors (Lipinski definition) is 2. The van der Waals surface area contributed by atoms with Gasteiger partial charge in [-0.05, 0) is 30.5 Å². The first kappa shape index (κ1) is 8.51. The molecule has 0 amide bonds. The highest BCUT2D eigenvalue weighted by Gasteiger charge is 2.16. The maximum atomic E-state index is 12.8. The van der Waals surface area contributed by atoms with Crippen molar-refractivity contribution in [1.29, 1.82) is 0 Å². The molecule has 1 atom stereocenters. The van der Waals surface area contributed by atoms with Crippen molar-refractivity contribution >= 4 is 5.69 Å². The van der Waals surface area contributed by atoms with Crippen LogP contribution >= 0.6 is 0 Å².